The zero-order valence-electron chi connectivity index (χ0n) is 9.20. The molecular formula is C11H18ClN3. The minimum atomic E-state index is 0.0358. The van der Waals surface area contributed by atoms with E-state index in [1.54, 1.807) is 6.20 Å². The van der Waals surface area contributed by atoms with E-state index < -0.39 is 0 Å². The molecule has 1 atom stereocenters. The van der Waals surface area contributed by atoms with Crippen molar-refractivity contribution < 1.29 is 0 Å². The standard InChI is InChI=1S/C11H18ClN3/c1-3-8(4-2)10(15-13)11-9(12)6-5-7-14-11/h5-8,10,15H,3-4,13H2,1-2H3. The highest BCUT2D eigenvalue weighted by Gasteiger charge is 2.22. The Morgan fingerprint density at radius 1 is 1.47 bits per heavy atom. The molecule has 0 aliphatic heterocycles. The summed E-state index contributed by atoms with van der Waals surface area (Å²) in [6.45, 7) is 4.30. The summed E-state index contributed by atoms with van der Waals surface area (Å²) in [4.78, 5) is 4.29. The van der Waals surface area contributed by atoms with Gasteiger partial charge in [0.05, 0.1) is 16.8 Å². The predicted octanol–water partition coefficient (Wildman–Crippen LogP) is 2.68. The summed E-state index contributed by atoms with van der Waals surface area (Å²) in [5.41, 5.74) is 3.66. The highest BCUT2D eigenvalue weighted by atomic mass is 35.5. The van der Waals surface area contributed by atoms with E-state index in [0.29, 0.717) is 10.9 Å². The molecule has 1 aromatic rings. The molecule has 1 aromatic heterocycles. The van der Waals surface area contributed by atoms with Crippen LogP contribution in [0.3, 0.4) is 0 Å². The lowest BCUT2D eigenvalue weighted by Crippen LogP contribution is -2.34. The first-order valence-corrected chi connectivity index (χ1v) is 5.68. The molecule has 15 heavy (non-hydrogen) atoms. The SMILES string of the molecule is CCC(CC)C(NN)c1ncccc1Cl. The second-order valence-electron chi connectivity index (χ2n) is 3.59. The third-order valence-corrected chi connectivity index (χ3v) is 3.10. The maximum absolute atomic E-state index is 6.10. The van der Waals surface area contributed by atoms with Crippen LogP contribution in [-0.2, 0) is 0 Å². The number of nitrogens with zero attached hydrogens (tertiary/aromatic N) is 1. The number of hydrogen-bond acceptors (Lipinski definition) is 3. The first-order valence-electron chi connectivity index (χ1n) is 5.31. The number of nitrogens with two attached hydrogens (primary N) is 1. The molecule has 0 saturated heterocycles. The normalized spacial score (nSPS) is 13.1. The quantitative estimate of drug-likeness (QED) is 0.601. The number of aromatic nitrogens is 1. The van der Waals surface area contributed by atoms with Crippen molar-refractivity contribution in [3.8, 4) is 0 Å². The molecule has 1 unspecified atom stereocenters. The van der Waals surface area contributed by atoms with Crippen molar-refractivity contribution in [2.24, 2.45) is 11.8 Å². The molecule has 3 N–H and O–H groups in total. The van der Waals surface area contributed by atoms with Gasteiger partial charge in [0.2, 0.25) is 0 Å². The van der Waals surface area contributed by atoms with Crippen LogP contribution in [0.25, 0.3) is 0 Å². The smallest absolute Gasteiger partial charge is 0.0775 e. The van der Waals surface area contributed by atoms with E-state index in [1.807, 2.05) is 12.1 Å². The second kappa shape index (κ2) is 6.05. The van der Waals surface area contributed by atoms with Gasteiger partial charge in [0.1, 0.15) is 0 Å². The van der Waals surface area contributed by atoms with Gasteiger partial charge < -0.3 is 0 Å². The molecule has 3 nitrogen and oxygen atoms in total. The molecule has 0 aromatic carbocycles. The number of nitrogens with one attached hydrogen (secondary N) is 1. The highest BCUT2D eigenvalue weighted by Crippen LogP contribution is 2.29. The van der Waals surface area contributed by atoms with E-state index >= 15 is 0 Å². The van der Waals surface area contributed by atoms with Crippen LogP contribution in [0.1, 0.15) is 38.4 Å². The van der Waals surface area contributed by atoms with E-state index in [2.05, 4.69) is 24.3 Å². The van der Waals surface area contributed by atoms with Gasteiger partial charge in [-0.1, -0.05) is 38.3 Å². The Bertz CT molecular complexity index is 300. The van der Waals surface area contributed by atoms with Crippen molar-refractivity contribution in [1.29, 1.82) is 0 Å². The van der Waals surface area contributed by atoms with Gasteiger partial charge in [-0.3, -0.25) is 16.3 Å². The number of hydrogen-bond donors (Lipinski definition) is 2. The summed E-state index contributed by atoms with van der Waals surface area (Å²) in [5.74, 6) is 6.04. The molecule has 0 amide bonds. The number of rotatable bonds is 5. The number of hydrazine groups is 1. The fourth-order valence-electron chi connectivity index (χ4n) is 1.83. The van der Waals surface area contributed by atoms with E-state index in [4.69, 9.17) is 17.4 Å². The van der Waals surface area contributed by atoms with Crippen molar-refractivity contribution in [3.05, 3.63) is 29.0 Å². The van der Waals surface area contributed by atoms with E-state index in [0.717, 1.165) is 18.5 Å². The Labute approximate surface area is 96.0 Å². The minimum absolute atomic E-state index is 0.0358. The fourth-order valence-corrected chi connectivity index (χ4v) is 2.06. The average molecular weight is 228 g/mol. The highest BCUT2D eigenvalue weighted by molar-refractivity contribution is 6.31. The monoisotopic (exact) mass is 227 g/mol. The Hall–Kier alpha value is -0.640. The van der Waals surface area contributed by atoms with E-state index in [9.17, 15) is 0 Å². The van der Waals surface area contributed by atoms with Gasteiger partial charge in [0.15, 0.2) is 0 Å². The van der Waals surface area contributed by atoms with Gasteiger partial charge in [-0.25, -0.2) is 0 Å². The van der Waals surface area contributed by atoms with Gasteiger partial charge >= 0.3 is 0 Å². The van der Waals surface area contributed by atoms with Crippen LogP contribution in [0.2, 0.25) is 5.02 Å². The molecule has 0 bridgehead atoms. The summed E-state index contributed by atoms with van der Waals surface area (Å²) < 4.78 is 0. The summed E-state index contributed by atoms with van der Waals surface area (Å²) in [7, 11) is 0. The lowest BCUT2D eigenvalue weighted by Gasteiger charge is -2.24. The first-order chi connectivity index (χ1) is 7.24. The molecule has 0 saturated carbocycles. The van der Waals surface area contributed by atoms with Gasteiger partial charge in [-0.2, -0.15) is 0 Å². The molecule has 0 fully saturated rings. The maximum atomic E-state index is 6.10. The third kappa shape index (κ3) is 2.91. The lowest BCUT2D eigenvalue weighted by molar-refractivity contribution is 0.339. The van der Waals surface area contributed by atoms with Crippen LogP contribution in [-0.4, -0.2) is 4.98 Å². The molecule has 0 radical (unpaired) electrons. The van der Waals surface area contributed by atoms with Crippen LogP contribution in [0.5, 0.6) is 0 Å². The second-order valence-corrected chi connectivity index (χ2v) is 4.00. The van der Waals surface area contributed by atoms with Crippen molar-refractivity contribution in [3.63, 3.8) is 0 Å². The predicted molar refractivity (Wildman–Crippen MR) is 63.4 cm³/mol. The number of pyridine rings is 1. The van der Waals surface area contributed by atoms with Gasteiger partial charge in [-0.05, 0) is 18.1 Å². The van der Waals surface area contributed by atoms with Crippen molar-refractivity contribution in [1.82, 2.24) is 10.4 Å². The average Bonchev–Trinajstić information content (AvgIpc) is 2.27. The number of halogens is 1. The summed E-state index contributed by atoms with van der Waals surface area (Å²) in [5, 5.41) is 0.673. The van der Waals surface area contributed by atoms with Crippen LogP contribution >= 0.6 is 11.6 Å². The van der Waals surface area contributed by atoms with E-state index in [1.165, 1.54) is 0 Å². The van der Waals surface area contributed by atoms with Gasteiger partial charge in [0, 0.05) is 6.20 Å². The maximum Gasteiger partial charge on any atom is 0.0775 e. The molecule has 0 aliphatic rings. The van der Waals surface area contributed by atoms with Crippen LogP contribution < -0.4 is 11.3 Å². The van der Waals surface area contributed by atoms with Crippen LogP contribution in [0.4, 0.5) is 0 Å². The summed E-state index contributed by atoms with van der Waals surface area (Å²) in [6, 6.07) is 3.71. The molecule has 0 aliphatic carbocycles. The topological polar surface area (TPSA) is 50.9 Å². The Balaban J connectivity index is 2.96. The molecule has 84 valence electrons. The Morgan fingerprint density at radius 3 is 2.60 bits per heavy atom. The molecular weight excluding hydrogens is 210 g/mol. The molecule has 1 rings (SSSR count). The third-order valence-electron chi connectivity index (χ3n) is 2.78. The molecule has 1 heterocycles. The molecule has 0 spiro atoms. The first kappa shape index (κ1) is 12.4. The van der Waals surface area contributed by atoms with Crippen LogP contribution in [0.15, 0.2) is 18.3 Å². The van der Waals surface area contributed by atoms with Crippen molar-refractivity contribution in [2.45, 2.75) is 32.7 Å². The summed E-state index contributed by atoms with van der Waals surface area (Å²) >= 11 is 6.10. The zero-order chi connectivity index (χ0) is 11.3. The zero-order valence-corrected chi connectivity index (χ0v) is 9.96. The van der Waals surface area contributed by atoms with Crippen molar-refractivity contribution in [2.75, 3.05) is 0 Å². The summed E-state index contributed by atoms with van der Waals surface area (Å²) in [6.07, 6.45) is 3.85. The Kier molecular flexibility index (Phi) is 5.02. The van der Waals surface area contributed by atoms with E-state index in [-0.39, 0.29) is 6.04 Å². The van der Waals surface area contributed by atoms with Gasteiger partial charge in [0.25, 0.3) is 0 Å². The largest absolute Gasteiger partial charge is 0.271 e. The van der Waals surface area contributed by atoms with Crippen LogP contribution in [0, 0.1) is 5.92 Å². The molecule has 4 heteroatoms. The Morgan fingerprint density at radius 2 is 2.13 bits per heavy atom. The lowest BCUT2D eigenvalue weighted by atomic mass is 9.92. The van der Waals surface area contributed by atoms with Gasteiger partial charge in [-0.15, -0.1) is 0 Å². The fraction of sp³-hybridized carbons (Fsp3) is 0.545. The minimum Gasteiger partial charge on any atom is -0.271 e. The van der Waals surface area contributed by atoms with Crippen molar-refractivity contribution >= 4 is 11.6 Å².